The van der Waals surface area contributed by atoms with Crippen LogP contribution in [0, 0.1) is 13.8 Å². The first-order valence-electron chi connectivity index (χ1n) is 9.41. The fourth-order valence-electron chi connectivity index (χ4n) is 2.99. The molecule has 3 aromatic rings. The van der Waals surface area contributed by atoms with Crippen LogP contribution in [0.15, 0.2) is 65.7 Å². The molecule has 0 spiro atoms. The summed E-state index contributed by atoms with van der Waals surface area (Å²) in [5.41, 5.74) is 4.35. The summed E-state index contributed by atoms with van der Waals surface area (Å²) in [6.45, 7) is 5.94. The third kappa shape index (κ3) is 6.49. The predicted molar refractivity (Wildman–Crippen MR) is 129 cm³/mol. The number of benzene rings is 2. The molecule has 3 rings (SSSR count). The lowest BCUT2D eigenvalue weighted by Crippen LogP contribution is -2.39. The Morgan fingerprint density at radius 1 is 1.03 bits per heavy atom. The van der Waals surface area contributed by atoms with Gasteiger partial charge in [0.05, 0.1) is 17.9 Å². The molecule has 6 nitrogen and oxygen atoms in total. The third-order valence-corrected chi connectivity index (χ3v) is 4.31. The number of aliphatic imine (C=N–C) groups is 1. The van der Waals surface area contributed by atoms with Crippen molar-refractivity contribution < 1.29 is 4.74 Å². The number of halogens is 1. The summed E-state index contributed by atoms with van der Waals surface area (Å²) in [6.07, 6.45) is 0. The van der Waals surface area contributed by atoms with Crippen molar-refractivity contribution in [1.29, 1.82) is 0 Å². The van der Waals surface area contributed by atoms with E-state index in [1.807, 2.05) is 54.1 Å². The molecule has 0 saturated carbocycles. The van der Waals surface area contributed by atoms with Gasteiger partial charge in [0.25, 0.3) is 0 Å². The third-order valence-electron chi connectivity index (χ3n) is 4.31. The van der Waals surface area contributed by atoms with Crippen LogP contribution in [0.25, 0.3) is 5.69 Å². The molecule has 0 atom stereocenters. The van der Waals surface area contributed by atoms with Gasteiger partial charge in [0.1, 0.15) is 12.4 Å². The van der Waals surface area contributed by atoms with Crippen LogP contribution in [-0.2, 0) is 6.54 Å². The summed E-state index contributed by atoms with van der Waals surface area (Å²) in [5.74, 6) is 1.60. The Labute approximate surface area is 189 Å². The van der Waals surface area contributed by atoms with E-state index < -0.39 is 0 Å². The molecule has 0 amide bonds. The maximum absolute atomic E-state index is 5.70. The van der Waals surface area contributed by atoms with Crippen molar-refractivity contribution in [2.24, 2.45) is 4.99 Å². The average molecular weight is 505 g/mol. The van der Waals surface area contributed by atoms with Crippen molar-refractivity contribution in [1.82, 2.24) is 20.4 Å². The zero-order valence-electron chi connectivity index (χ0n) is 17.1. The number of hydrogen-bond donors (Lipinski definition) is 2. The van der Waals surface area contributed by atoms with Crippen molar-refractivity contribution in [3.8, 4) is 11.4 Å². The maximum atomic E-state index is 5.70. The van der Waals surface area contributed by atoms with Gasteiger partial charge in [-0.15, -0.1) is 24.0 Å². The van der Waals surface area contributed by atoms with Crippen molar-refractivity contribution in [3.63, 3.8) is 0 Å². The molecule has 29 heavy (non-hydrogen) atoms. The Hall–Kier alpha value is -2.55. The van der Waals surface area contributed by atoms with E-state index in [1.54, 1.807) is 7.05 Å². The first-order valence-corrected chi connectivity index (χ1v) is 9.41. The van der Waals surface area contributed by atoms with E-state index in [-0.39, 0.29) is 24.0 Å². The highest BCUT2D eigenvalue weighted by Crippen LogP contribution is 2.16. The molecular weight excluding hydrogens is 477 g/mol. The molecule has 0 fully saturated rings. The summed E-state index contributed by atoms with van der Waals surface area (Å²) in [6, 6.07) is 20.1. The van der Waals surface area contributed by atoms with E-state index in [0.29, 0.717) is 19.7 Å². The number of rotatable bonds is 7. The van der Waals surface area contributed by atoms with Crippen molar-refractivity contribution >= 4 is 29.9 Å². The second kappa shape index (κ2) is 11.5. The van der Waals surface area contributed by atoms with Gasteiger partial charge in [-0.3, -0.25) is 4.99 Å². The monoisotopic (exact) mass is 505 g/mol. The minimum atomic E-state index is 0. The van der Waals surface area contributed by atoms with Gasteiger partial charge in [0.15, 0.2) is 5.96 Å². The first-order chi connectivity index (χ1) is 13.7. The highest BCUT2D eigenvalue weighted by atomic mass is 127. The Balaban J connectivity index is 0.00000300. The first kappa shape index (κ1) is 22.7. The summed E-state index contributed by atoms with van der Waals surface area (Å²) in [5, 5.41) is 11.2. The number of nitrogens with zero attached hydrogens (tertiary/aromatic N) is 3. The molecule has 2 aromatic carbocycles. The minimum Gasteiger partial charge on any atom is -0.492 e. The van der Waals surface area contributed by atoms with Crippen LogP contribution in [0.3, 0.4) is 0 Å². The van der Waals surface area contributed by atoms with Crippen LogP contribution < -0.4 is 15.4 Å². The largest absolute Gasteiger partial charge is 0.492 e. The van der Waals surface area contributed by atoms with Gasteiger partial charge >= 0.3 is 0 Å². The number of aryl methyl sites for hydroxylation is 2. The van der Waals surface area contributed by atoms with E-state index in [4.69, 9.17) is 4.74 Å². The van der Waals surface area contributed by atoms with Crippen LogP contribution in [0.4, 0.5) is 0 Å². The summed E-state index contributed by atoms with van der Waals surface area (Å²) >= 11 is 0. The molecule has 0 bridgehead atoms. The topological polar surface area (TPSA) is 63.5 Å². The fraction of sp³-hybridized carbons (Fsp3) is 0.273. The number of aromatic nitrogens is 2. The molecule has 0 saturated heterocycles. The zero-order chi connectivity index (χ0) is 19.8. The SMILES string of the molecule is CN=C(NCCOc1ccccc1)NCc1ccccc1-n1nc(C)cc1C.I. The molecule has 1 heterocycles. The van der Waals surface area contributed by atoms with Gasteiger partial charge in [-0.25, -0.2) is 4.68 Å². The zero-order valence-corrected chi connectivity index (χ0v) is 19.4. The lowest BCUT2D eigenvalue weighted by atomic mass is 10.1. The lowest BCUT2D eigenvalue weighted by molar-refractivity contribution is 0.322. The van der Waals surface area contributed by atoms with Gasteiger partial charge in [0, 0.05) is 19.3 Å². The van der Waals surface area contributed by atoms with Crippen LogP contribution in [-0.4, -0.2) is 35.9 Å². The number of nitrogens with one attached hydrogen (secondary N) is 2. The second-order valence-electron chi connectivity index (χ2n) is 6.48. The van der Waals surface area contributed by atoms with Crippen molar-refractivity contribution in [2.75, 3.05) is 20.2 Å². The molecular formula is C22H28IN5O. The molecule has 0 aliphatic carbocycles. The lowest BCUT2D eigenvalue weighted by Gasteiger charge is -2.15. The van der Waals surface area contributed by atoms with Gasteiger partial charge in [-0.2, -0.15) is 5.10 Å². The number of para-hydroxylation sites is 2. The summed E-state index contributed by atoms with van der Waals surface area (Å²) in [4.78, 5) is 4.29. The fourth-order valence-corrected chi connectivity index (χ4v) is 2.99. The number of ether oxygens (including phenoxy) is 1. The average Bonchev–Trinajstić information content (AvgIpc) is 3.06. The predicted octanol–water partition coefficient (Wildman–Crippen LogP) is 3.85. The van der Waals surface area contributed by atoms with E-state index in [0.717, 1.165) is 34.3 Å². The van der Waals surface area contributed by atoms with Crippen LogP contribution in [0.2, 0.25) is 0 Å². The molecule has 154 valence electrons. The highest BCUT2D eigenvalue weighted by molar-refractivity contribution is 14.0. The molecule has 0 radical (unpaired) electrons. The van der Waals surface area contributed by atoms with E-state index in [9.17, 15) is 0 Å². The molecule has 1 aromatic heterocycles. The minimum absolute atomic E-state index is 0. The number of guanidine groups is 1. The van der Waals surface area contributed by atoms with Crippen LogP contribution >= 0.6 is 24.0 Å². The van der Waals surface area contributed by atoms with Crippen molar-refractivity contribution in [3.05, 3.63) is 77.6 Å². The molecule has 0 unspecified atom stereocenters. The standard InChI is InChI=1S/C22H27N5O.HI/c1-17-15-18(2)27(26-17)21-12-8-7-9-19(21)16-25-22(23-3)24-13-14-28-20-10-5-4-6-11-20;/h4-12,15H,13-14,16H2,1-3H3,(H2,23,24,25);1H. The maximum Gasteiger partial charge on any atom is 0.191 e. The quantitative estimate of drug-likeness (QED) is 0.222. The summed E-state index contributed by atoms with van der Waals surface area (Å²) in [7, 11) is 1.76. The van der Waals surface area contributed by atoms with Gasteiger partial charge in [-0.05, 0) is 43.7 Å². The molecule has 2 N–H and O–H groups in total. The highest BCUT2D eigenvalue weighted by Gasteiger charge is 2.09. The van der Waals surface area contributed by atoms with E-state index in [2.05, 4.69) is 45.8 Å². The van der Waals surface area contributed by atoms with Crippen molar-refractivity contribution in [2.45, 2.75) is 20.4 Å². The van der Waals surface area contributed by atoms with Gasteiger partial charge in [-0.1, -0.05) is 36.4 Å². The van der Waals surface area contributed by atoms with Crippen LogP contribution in [0.5, 0.6) is 5.75 Å². The smallest absolute Gasteiger partial charge is 0.191 e. The second-order valence-corrected chi connectivity index (χ2v) is 6.48. The van der Waals surface area contributed by atoms with E-state index >= 15 is 0 Å². The normalized spacial score (nSPS) is 10.9. The molecule has 0 aliphatic rings. The Morgan fingerprint density at radius 3 is 2.45 bits per heavy atom. The van der Waals surface area contributed by atoms with E-state index in [1.165, 1.54) is 0 Å². The molecule has 7 heteroatoms. The molecule has 0 aliphatic heterocycles. The Morgan fingerprint density at radius 2 is 1.76 bits per heavy atom. The Bertz CT molecular complexity index is 924. The van der Waals surface area contributed by atoms with Gasteiger partial charge < -0.3 is 15.4 Å². The number of hydrogen-bond acceptors (Lipinski definition) is 3. The van der Waals surface area contributed by atoms with Crippen LogP contribution in [0.1, 0.15) is 17.0 Å². The summed E-state index contributed by atoms with van der Waals surface area (Å²) < 4.78 is 7.68. The van der Waals surface area contributed by atoms with Gasteiger partial charge in [0.2, 0.25) is 0 Å². The Kier molecular flexibility index (Phi) is 8.98.